The van der Waals surface area contributed by atoms with Crippen molar-refractivity contribution < 1.29 is 19.1 Å². The molecule has 0 aromatic heterocycles. The summed E-state index contributed by atoms with van der Waals surface area (Å²) < 4.78 is 7.64. The summed E-state index contributed by atoms with van der Waals surface area (Å²) in [6.45, 7) is 5.97. The Morgan fingerprint density at radius 2 is 1.90 bits per heavy atom. The van der Waals surface area contributed by atoms with Crippen LogP contribution in [0.15, 0.2) is 35.2 Å². The molecular weight excluding hydrogens is 642 g/mol. The predicted octanol–water partition coefficient (Wildman–Crippen LogP) is 5.59. The van der Waals surface area contributed by atoms with Crippen molar-refractivity contribution in [2.24, 2.45) is 0 Å². The van der Waals surface area contributed by atoms with Gasteiger partial charge in [-0.15, -0.1) is 0 Å². The Morgan fingerprint density at radius 1 is 1.16 bits per heavy atom. The quantitative estimate of drug-likeness (QED) is 0.323. The fourth-order valence-electron chi connectivity index (χ4n) is 2.92. The zero-order chi connectivity index (χ0) is 22.7. The van der Waals surface area contributed by atoms with E-state index in [2.05, 4.69) is 50.5 Å². The van der Waals surface area contributed by atoms with Gasteiger partial charge in [0.05, 0.1) is 15.1 Å². The molecule has 1 aliphatic rings. The van der Waals surface area contributed by atoms with E-state index in [0.717, 1.165) is 40.5 Å². The normalized spacial score (nSPS) is 15.0. The van der Waals surface area contributed by atoms with Crippen LogP contribution in [0.4, 0.5) is 10.5 Å². The van der Waals surface area contributed by atoms with E-state index in [4.69, 9.17) is 4.74 Å². The molecule has 0 unspecified atom stereocenters. The third kappa shape index (κ3) is 5.80. The van der Waals surface area contributed by atoms with Crippen LogP contribution in [0.25, 0.3) is 6.08 Å². The number of hydrogen-bond acceptors (Lipinski definition) is 5. The minimum absolute atomic E-state index is 0.266. The van der Waals surface area contributed by atoms with E-state index in [-0.39, 0.29) is 11.4 Å². The smallest absolute Gasteiger partial charge is 0.294 e. The number of anilines is 1. The first-order valence-electron chi connectivity index (χ1n) is 9.44. The van der Waals surface area contributed by atoms with Crippen molar-refractivity contribution in [1.29, 1.82) is 0 Å². The van der Waals surface area contributed by atoms with E-state index >= 15 is 0 Å². The number of thioether (sulfide) groups is 1. The van der Waals surface area contributed by atoms with Gasteiger partial charge in [0.15, 0.2) is 0 Å². The number of nitrogens with zero attached hydrogens (tertiary/aromatic N) is 1. The Balaban J connectivity index is 1.78. The number of hydrogen-bond donors (Lipinski definition) is 1. The van der Waals surface area contributed by atoms with Gasteiger partial charge in [-0.1, -0.05) is 6.07 Å². The average Bonchev–Trinajstić information content (AvgIpc) is 2.95. The summed E-state index contributed by atoms with van der Waals surface area (Å²) in [6, 6.07) is 9.43. The van der Waals surface area contributed by atoms with Crippen molar-refractivity contribution in [2.75, 3.05) is 18.5 Å². The van der Waals surface area contributed by atoms with Crippen molar-refractivity contribution in [2.45, 2.75) is 20.8 Å². The van der Waals surface area contributed by atoms with Gasteiger partial charge in [0.25, 0.3) is 11.1 Å². The molecule has 1 heterocycles. The van der Waals surface area contributed by atoms with Crippen molar-refractivity contribution in [3.05, 3.63) is 59.1 Å². The third-order valence-corrected chi connectivity index (χ3v) is 6.91. The summed E-state index contributed by atoms with van der Waals surface area (Å²) in [6.07, 6.45) is 1.65. The van der Waals surface area contributed by atoms with E-state index in [9.17, 15) is 14.4 Å². The second-order valence-electron chi connectivity index (χ2n) is 6.85. The van der Waals surface area contributed by atoms with Crippen molar-refractivity contribution in [3.8, 4) is 5.75 Å². The monoisotopic (exact) mass is 662 g/mol. The number of halogens is 2. The summed E-state index contributed by atoms with van der Waals surface area (Å²) in [7, 11) is 0. The fraction of sp³-hybridized carbons (Fsp3) is 0.227. The molecule has 0 radical (unpaired) electrons. The van der Waals surface area contributed by atoms with E-state index in [1.165, 1.54) is 0 Å². The second kappa shape index (κ2) is 10.3. The molecule has 1 saturated heterocycles. The molecule has 162 valence electrons. The first-order valence-corrected chi connectivity index (χ1v) is 12.4. The van der Waals surface area contributed by atoms with Gasteiger partial charge in [0, 0.05) is 14.8 Å². The Kier molecular flexibility index (Phi) is 8.03. The summed E-state index contributed by atoms with van der Waals surface area (Å²) in [5, 5.41) is 2.28. The largest absolute Gasteiger partial charge is 0.492 e. The van der Waals surface area contributed by atoms with Crippen molar-refractivity contribution >= 4 is 85.8 Å². The number of benzene rings is 2. The Hall–Kier alpha value is -1.60. The average molecular weight is 662 g/mol. The highest BCUT2D eigenvalue weighted by molar-refractivity contribution is 14.1. The van der Waals surface area contributed by atoms with Crippen LogP contribution in [-0.4, -0.2) is 35.1 Å². The number of imide groups is 1. The maximum atomic E-state index is 12.8. The van der Waals surface area contributed by atoms with E-state index in [1.807, 2.05) is 45.0 Å². The molecule has 31 heavy (non-hydrogen) atoms. The van der Waals surface area contributed by atoms with Crippen LogP contribution < -0.4 is 10.1 Å². The van der Waals surface area contributed by atoms with E-state index in [1.54, 1.807) is 12.1 Å². The van der Waals surface area contributed by atoms with Crippen LogP contribution in [0.1, 0.15) is 23.6 Å². The van der Waals surface area contributed by atoms with Gasteiger partial charge in [0.2, 0.25) is 5.91 Å². The summed E-state index contributed by atoms with van der Waals surface area (Å²) in [4.78, 5) is 38.9. The topological polar surface area (TPSA) is 75.7 Å². The number of nitrogens with one attached hydrogen (secondary N) is 1. The van der Waals surface area contributed by atoms with Gasteiger partial charge in [-0.25, -0.2) is 0 Å². The predicted molar refractivity (Wildman–Crippen MR) is 140 cm³/mol. The molecule has 1 fully saturated rings. The summed E-state index contributed by atoms with van der Waals surface area (Å²) >= 11 is 5.21. The number of amides is 3. The molecular formula is C22H20I2N2O4S. The molecule has 2 aromatic carbocycles. The number of rotatable bonds is 6. The molecule has 6 nitrogen and oxygen atoms in total. The molecule has 0 spiro atoms. The highest BCUT2D eigenvalue weighted by Gasteiger charge is 2.36. The number of carbonyl (C=O) groups excluding carboxylic acids is 3. The molecule has 0 atom stereocenters. The van der Waals surface area contributed by atoms with Crippen LogP contribution in [-0.2, 0) is 9.59 Å². The molecule has 3 amide bonds. The fourth-order valence-corrected chi connectivity index (χ4v) is 5.80. The highest BCUT2D eigenvalue weighted by Crippen LogP contribution is 2.36. The maximum Gasteiger partial charge on any atom is 0.294 e. The third-order valence-electron chi connectivity index (χ3n) is 4.58. The first kappa shape index (κ1) is 24.1. The lowest BCUT2D eigenvalue weighted by Gasteiger charge is -2.13. The van der Waals surface area contributed by atoms with Crippen LogP contribution in [0.5, 0.6) is 5.75 Å². The number of ether oxygens (including phenoxy) is 1. The van der Waals surface area contributed by atoms with Crippen molar-refractivity contribution in [1.82, 2.24) is 4.90 Å². The van der Waals surface area contributed by atoms with E-state index < -0.39 is 17.1 Å². The first-order chi connectivity index (χ1) is 14.7. The van der Waals surface area contributed by atoms with Gasteiger partial charge in [0.1, 0.15) is 12.3 Å². The standard InChI is InChI=1S/C22H20I2N2O4S/c1-4-30-20-14(8-15(23)10-17(20)24)9-18-21(28)26(22(29)31-18)11-19(27)25-16-6-5-12(2)13(3)7-16/h5-10H,4,11H2,1-3H3,(H,25,27)/b18-9+. The lowest BCUT2D eigenvalue weighted by molar-refractivity contribution is -0.127. The Labute approximate surface area is 212 Å². The molecule has 0 aliphatic carbocycles. The van der Waals surface area contributed by atoms with E-state index in [0.29, 0.717) is 18.0 Å². The molecule has 1 aliphatic heterocycles. The minimum atomic E-state index is -0.485. The van der Waals surface area contributed by atoms with Crippen LogP contribution >= 0.6 is 56.9 Å². The van der Waals surface area contributed by atoms with Crippen molar-refractivity contribution in [3.63, 3.8) is 0 Å². The van der Waals surface area contributed by atoms with Crippen LogP contribution in [0.3, 0.4) is 0 Å². The number of aryl methyl sites for hydroxylation is 2. The van der Waals surface area contributed by atoms with Crippen LogP contribution in [0, 0.1) is 21.0 Å². The molecule has 1 N–H and O–H groups in total. The van der Waals surface area contributed by atoms with Gasteiger partial charge < -0.3 is 10.1 Å². The Morgan fingerprint density at radius 3 is 2.58 bits per heavy atom. The zero-order valence-corrected chi connectivity index (χ0v) is 22.3. The molecule has 0 bridgehead atoms. The summed E-state index contributed by atoms with van der Waals surface area (Å²) in [5.41, 5.74) is 3.52. The van der Waals surface area contributed by atoms with Gasteiger partial charge >= 0.3 is 0 Å². The zero-order valence-electron chi connectivity index (χ0n) is 17.1. The second-order valence-corrected chi connectivity index (χ2v) is 10.3. The minimum Gasteiger partial charge on any atom is -0.492 e. The lowest BCUT2D eigenvalue weighted by atomic mass is 10.1. The Bertz CT molecular complexity index is 1100. The SMILES string of the molecule is CCOc1c(I)cc(I)cc1/C=C1/SC(=O)N(CC(=O)Nc2ccc(C)c(C)c2)C1=O. The highest BCUT2D eigenvalue weighted by atomic mass is 127. The molecule has 9 heteroatoms. The molecule has 0 saturated carbocycles. The number of carbonyl (C=O) groups is 3. The van der Waals surface area contributed by atoms with Gasteiger partial charge in [-0.3, -0.25) is 19.3 Å². The van der Waals surface area contributed by atoms with Gasteiger partial charge in [-0.2, -0.15) is 0 Å². The van der Waals surface area contributed by atoms with Gasteiger partial charge in [-0.05, 0) is 119 Å². The molecule has 2 aromatic rings. The summed E-state index contributed by atoms with van der Waals surface area (Å²) in [5.74, 6) is -0.241. The van der Waals surface area contributed by atoms with Crippen LogP contribution in [0.2, 0.25) is 0 Å². The maximum absolute atomic E-state index is 12.8. The lowest BCUT2D eigenvalue weighted by Crippen LogP contribution is -2.36. The molecule has 3 rings (SSSR count).